The highest BCUT2D eigenvalue weighted by molar-refractivity contribution is 5.90. The van der Waals surface area contributed by atoms with E-state index in [2.05, 4.69) is 10.3 Å². The van der Waals surface area contributed by atoms with Crippen molar-refractivity contribution in [3.63, 3.8) is 0 Å². The van der Waals surface area contributed by atoms with Crippen molar-refractivity contribution in [3.05, 3.63) is 72.6 Å². The number of ether oxygens (including phenoxy) is 1. The Morgan fingerprint density at radius 3 is 2.76 bits per heavy atom. The fourth-order valence-corrected chi connectivity index (χ4v) is 2.18. The standard InChI is InChI=1S/C18H13FN4O2/c19-16-2-1-3-17(15(16)10-20)25-14-6-4-13(5-7-14)22-18(24)11-23-9-8-21-12-23/h1-9,12H,11H2,(H,22,24). The maximum Gasteiger partial charge on any atom is 0.244 e. The third-order valence-electron chi connectivity index (χ3n) is 3.34. The summed E-state index contributed by atoms with van der Waals surface area (Å²) >= 11 is 0. The minimum Gasteiger partial charge on any atom is -0.456 e. The number of benzene rings is 2. The molecule has 0 aliphatic heterocycles. The van der Waals surface area contributed by atoms with Crippen molar-refractivity contribution in [2.75, 3.05) is 5.32 Å². The molecule has 0 saturated heterocycles. The van der Waals surface area contributed by atoms with Crippen LogP contribution in [0.15, 0.2) is 61.2 Å². The summed E-state index contributed by atoms with van der Waals surface area (Å²) in [5.74, 6) is -0.263. The first-order chi connectivity index (χ1) is 12.2. The van der Waals surface area contributed by atoms with E-state index < -0.39 is 5.82 Å². The van der Waals surface area contributed by atoms with E-state index >= 15 is 0 Å². The molecule has 0 radical (unpaired) electrons. The predicted octanol–water partition coefficient (Wildman–Crippen LogP) is 3.32. The third kappa shape index (κ3) is 4.00. The van der Waals surface area contributed by atoms with Gasteiger partial charge in [0.15, 0.2) is 0 Å². The highest BCUT2D eigenvalue weighted by Gasteiger charge is 2.10. The van der Waals surface area contributed by atoms with Crippen LogP contribution in [-0.4, -0.2) is 15.5 Å². The number of carbonyl (C=O) groups is 1. The first kappa shape index (κ1) is 16.2. The molecule has 3 rings (SSSR count). The van der Waals surface area contributed by atoms with Crippen LogP contribution in [0.1, 0.15) is 5.56 Å². The number of hydrogen-bond acceptors (Lipinski definition) is 4. The average Bonchev–Trinajstić information content (AvgIpc) is 3.10. The van der Waals surface area contributed by atoms with Crippen molar-refractivity contribution < 1.29 is 13.9 Å². The van der Waals surface area contributed by atoms with Crippen molar-refractivity contribution in [2.45, 2.75) is 6.54 Å². The molecule has 3 aromatic rings. The topological polar surface area (TPSA) is 79.9 Å². The lowest BCUT2D eigenvalue weighted by molar-refractivity contribution is -0.116. The number of aromatic nitrogens is 2. The summed E-state index contributed by atoms with van der Waals surface area (Å²) in [5, 5.41) is 11.7. The first-order valence-corrected chi connectivity index (χ1v) is 7.38. The average molecular weight is 336 g/mol. The largest absolute Gasteiger partial charge is 0.456 e. The van der Waals surface area contributed by atoms with Gasteiger partial charge in [-0.25, -0.2) is 9.37 Å². The molecule has 1 N–H and O–H groups in total. The van der Waals surface area contributed by atoms with Gasteiger partial charge in [0.05, 0.1) is 6.33 Å². The highest BCUT2D eigenvalue weighted by Crippen LogP contribution is 2.27. The Morgan fingerprint density at radius 1 is 1.28 bits per heavy atom. The molecular formula is C18H13FN4O2. The van der Waals surface area contributed by atoms with Crippen LogP contribution in [-0.2, 0) is 11.3 Å². The molecule has 0 aliphatic carbocycles. The van der Waals surface area contributed by atoms with Crippen LogP contribution >= 0.6 is 0 Å². The van der Waals surface area contributed by atoms with Crippen molar-refractivity contribution in [1.29, 1.82) is 5.26 Å². The molecule has 6 nitrogen and oxygen atoms in total. The summed E-state index contributed by atoms with van der Waals surface area (Å²) < 4.78 is 20.8. The second-order valence-electron chi connectivity index (χ2n) is 5.13. The molecule has 0 saturated carbocycles. The van der Waals surface area contributed by atoms with Crippen molar-refractivity contribution in [2.24, 2.45) is 0 Å². The molecule has 0 atom stereocenters. The van der Waals surface area contributed by atoms with E-state index in [0.29, 0.717) is 11.4 Å². The number of halogens is 1. The maximum atomic E-state index is 13.6. The Labute approximate surface area is 143 Å². The fourth-order valence-electron chi connectivity index (χ4n) is 2.18. The number of imidazole rings is 1. The van der Waals surface area contributed by atoms with Gasteiger partial charge in [-0.2, -0.15) is 5.26 Å². The van der Waals surface area contributed by atoms with Crippen LogP contribution in [0.2, 0.25) is 0 Å². The van der Waals surface area contributed by atoms with Gasteiger partial charge in [0.25, 0.3) is 0 Å². The minimum absolute atomic E-state index is 0.138. The van der Waals surface area contributed by atoms with Crippen molar-refractivity contribution in [3.8, 4) is 17.6 Å². The van der Waals surface area contributed by atoms with Gasteiger partial charge in [0, 0.05) is 18.1 Å². The Hall–Kier alpha value is -3.66. The second kappa shape index (κ2) is 7.27. The molecule has 0 bridgehead atoms. The van der Waals surface area contributed by atoms with Crippen LogP contribution in [0.5, 0.6) is 11.5 Å². The number of amides is 1. The zero-order valence-electron chi connectivity index (χ0n) is 13.0. The lowest BCUT2D eigenvalue weighted by Crippen LogP contribution is -2.17. The summed E-state index contributed by atoms with van der Waals surface area (Å²) in [4.78, 5) is 15.8. The van der Waals surface area contributed by atoms with Crippen LogP contribution in [0.25, 0.3) is 0 Å². The van der Waals surface area contributed by atoms with Gasteiger partial charge in [0.2, 0.25) is 5.91 Å². The third-order valence-corrected chi connectivity index (χ3v) is 3.34. The molecule has 25 heavy (non-hydrogen) atoms. The van der Waals surface area contributed by atoms with E-state index in [0.717, 1.165) is 0 Å². The molecule has 1 aromatic heterocycles. The molecule has 0 aliphatic rings. The van der Waals surface area contributed by atoms with Crippen molar-refractivity contribution >= 4 is 11.6 Å². The van der Waals surface area contributed by atoms with Gasteiger partial charge in [0.1, 0.15) is 35.5 Å². The molecule has 7 heteroatoms. The monoisotopic (exact) mass is 336 g/mol. The normalized spacial score (nSPS) is 10.1. The molecule has 0 fully saturated rings. The number of rotatable bonds is 5. The van der Waals surface area contributed by atoms with Gasteiger partial charge in [-0.15, -0.1) is 0 Å². The maximum absolute atomic E-state index is 13.6. The number of hydrogen-bond donors (Lipinski definition) is 1. The lowest BCUT2D eigenvalue weighted by atomic mass is 10.2. The van der Waals surface area contributed by atoms with Gasteiger partial charge >= 0.3 is 0 Å². The van der Waals surface area contributed by atoms with Crippen LogP contribution in [0, 0.1) is 17.1 Å². The van der Waals surface area contributed by atoms with E-state index in [4.69, 9.17) is 10.00 Å². The summed E-state index contributed by atoms with van der Waals surface area (Å²) in [6.45, 7) is 0.160. The van der Waals surface area contributed by atoms with Crippen molar-refractivity contribution in [1.82, 2.24) is 9.55 Å². The number of nitrogens with one attached hydrogen (secondary N) is 1. The molecule has 0 unspecified atom stereocenters. The molecule has 1 amide bonds. The SMILES string of the molecule is N#Cc1c(F)cccc1Oc1ccc(NC(=O)Cn2ccnc2)cc1. The summed E-state index contributed by atoms with van der Waals surface area (Å²) in [6.07, 6.45) is 4.85. The Bertz CT molecular complexity index is 915. The summed E-state index contributed by atoms with van der Waals surface area (Å²) in [5.41, 5.74) is 0.442. The zero-order valence-corrected chi connectivity index (χ0v) is 13.0. The van der Waals surface area contributed by atoms with Gasteiger partial charge in [-0.3, -0.25) is 4.79 Å². The number of carbonyl (C=O) groups excluding carboxylic acids is 1. The molecule has 2 aromatic carbocycles. The number of nitriles is 1. The Balaban J connectivity index is 1.66. The van der Waals surface area contributed by atoms with E-state index in [1.54, 1.807) is 53.6 Å². The number of anilines is 1. The summed E-state index contributed by atoms with van der Waals surface area (Å²) in [7, 11) is 0. The second-order valence-corrected chi connectivity index (χ2v) is 5.13. The van der Waals surface area contributed by atoms with E-state index in [1.165, 1.54) is 18.2 Å². The van der Waals surface area contributed by atoms with E-state index in [1.807, 2.05) is 0 Å². The molecule has 1 heterocycles. The molecular weight excluding hydrogens is 323 g/mol. The van der Waals surface area contributed by atoms with Crippen LogP contribution in [0.3, 0.4) is 0 Å². The lowest BCUT2D eigenvalue weighted by Gasteiger charge is -2.09. The number of nitrogens with zero attached hydrogens (tertiary/aromatic N) is 3. The van der Waals surface area contributed by atoms with Gasteiger partial charge in [-0.1, -0.05) is 6.07 Å². The van der Waals surface area contributed by atoms with E-state index in [9.17, 15) is 9.18 Å². The quantitative estimate of drug-likeness (QED) is 0.775. The Kier molecular flexibility index (Phi) is 4.72. The van der Waals surface area contributed by atoms with Crippen LogP contribution < -0.4 is 10.1 Å². The predicted molar refractivity (Wildman–Crippen MR) is 88.5 cm³/mol. The van der Waals surface area contributed by atoms with E-state index in [-0.39, 0.29) is 23.8 Å². The molecule has 0 spiro atoms. The smallest absolute Gasteiger partial charge is 0.244 e. The first-order valence-electron chi connectivity index (χ1n) is 7.38. The zero-order chi connectivity index (χ0) is 17.6. The van der Waals surface area contributed by atoms with Crippen LogP contribution in [0.4, 0.5) is 10.1 Å². The summed E-state index contributed by atoms with van der Waals surface area (Å²) in [6, 6.07) is 12.5. The minimum atomic E-state index is -0.636. The fraction of sp³-hybridized carbons (Fsp3) is 0.0556. The Morgan fingerprint density at radius 2 is 2.08 bits per heavy atom. The van der Waals surface area contributed by atoms with Gasteiger partial charge in [-0.05, 0) is 36.4 Å². The molecule has 124 valence electrons. The highest BCUT2D eigenvalue weighted by atomic mass is 19.1. The van der Waals surface area contributed by atoms with Gasteiger partial charge < -0.3 is 14.6 Å².